The second kappa shape index (κ2) is 4.72. The average Bonchev–Trinajstić information content (AvgIpc) is 2.65. The summed E-state index contributed by atoms with van der Waals surface area (Å²) >= 11 is 6.40. The summed E-state index contributed by atoms with van der Waals surface area (Å²) in [5, 5.41) is 11.2. The fourth-order valence-corrected chi connectivity index (χ4v) is 2.29. The summed E-state index contributed by atoms with van der Waals surface area (Å²) < 4.78 is 0.599. The number of para-hydroxylation sites is 1. The maximum absolute atomic E-state index is 4.94. The van der Waals surface area contributed by atoms with E-state index in [0.717, 1.165) is 12.1 Å². The topological polar surface area (TPSA) is 36.8 Å². The number of thiocarbonyl (C=S) groups is 1. The van der Waals surface area contributed by atoms with Crippen molar-refractivity contribution in [2.75, 3.05) is 5.32 Å². The Morgan fingerprint density at radius 2 is 2.27 bits per heavy atom. The maximum Gasteiger partial charge on any atom is 0.194 e. The van der Waals surface area contributed by atoms with Crippen LogP contribution >= 0.6 is 24.0 Å². The number of hydrogen-bond acceptors (Lipinski definition) is 4. The first-order chi connectivity index (χ1) is 7.29. The smallest absolute Gasteiger partial charge is 0.194 e. The number of thioether (sulfide) groups is 1. The summed E-state index contributed by atoms with van der Waals surface area (Å²) in [5.41, 5.74) is 2.33. The van der Waals surface area contributed by atoms with E-state index < -0.39 is 0 Å². The highest BCUT2D eigenvalue weighted by Gasteiger charge is 2.17. The van der Waals surface area contributed by atoms with Gasteiger partial charge in [0.05, 0.1) is 0 Å². The second-order valence-electron chi connectivity index (χ2n) is 3.11. The first kappa shape index (κ1) is 10.6. The van der Waals surface area contributed by atoms with Crippen LogP contribution in [-0.2, 0) is 6.42 Å². The lowest BCUT2D eigenvalue weighted by atomic mass is 10.1. The molecular weight excluding hydrogens is 226 g/mol. The van der Waals surface area contributed by atoms with Gasteiger partial charge in [-0.1, -0.05) is 25.1 Å². The molecule has 0 fully saturated rings. The molecule has 1 unspecified atom stereocenters. The lowest BCUT2D eigenvalue weighted by Crippen LogP contribution is -2.11. The van der Waals surface area contributed by atoms with E-state index in [-0.39, 0.29) is 5.50 Å². The van der Waals surface area contributed by atoms with Crippen LogP contribution in [0.15, 0.2) is 34.5 Å². The van der Waals surface area contributed by atoms with Gasteiger partial charge in [-0.3, -0.25) is 0 Å². The third kappa shape index (κ3) is 2.54. The van der Waals surface area contributed by atoms with Crippen molar-refractivity contribution in [3.05, 3.63) is 29.8 Å². The molecule has 0 aliphatic carbocycles. The fraction of sp³-hybridized carbons (Fsp3) is 0.300. The maximum atomic E-state index is 4.94. The monoisotopic (exact) mass is 237 g/mol. The summed E-state index contributed by atoms with van der Waals surface area (Å²) in [6.07, 6.45) is 1.00. The molecule has 1 heterocycles. The summed E-state index contributed by atoms with van der Waals surface area (Å²) in [6.45, 7) is 2.13. The van der Waals surface area contributed by atoms with Gasteiger partial charge in [-0.15, -0.1) is 10.2 Å². The Bertz CT molecular complexity index is 403. The molecule has 0 saturated carbocycles. The number of nitrogens with zero attached hydrogens (tertiary/aromatic N) is 2. The van der Waals surface area contributed by atoms with Crippen molar-refractivity contribution < 1.29 is 0 Å². The van der Waals surface area contributed by atoms with Crippen molar-refractivity contribution in [3.8, 4) is 0 Å². The van der Waals surface area contributed by atoms with E-state index in [0.29, 0.717) is 4.32 Å². The summed E-state index contributed by atoms with van der Waals surface area (Å²) in [6, 6.07) is 8.21. The molecule has 0 saturated heterocycles. The third-order valence-electron chi connectivity index (χ3n) is 2.13. The first-order valence-electron chi connectivity index (χ1n) is 4.75. The molecule has 1 aliphatic rings. The van der Waals surface area contributed by atoms with Crippen LogP contribution in [0, 0.1) is 0 Å². The van der Waals surface area contributed by atoms with Crippen LogP contribution in [0.3, 0.4) is 0 Å². The van der Waals surface area contributed by atoms with Crippen molar-refractivity contribution in [2.45, 2.75) is 18.8 Å². The van der Waals surface area contributed by atoms with Gasteiger partial charge >= 0.3 is 0 Å². The Hall–Kier alpha value is -0.940. The molecule has 0 amide bonds. The van der Waals surface area contributed by atoms with Gasteiger partial charge in [0.15, 0.2) is 9.82 Å². The molecular formula is C10H11N3S2. The lowest BCUT2D eigenvalue weighted by Gasteiger charge is -2.12. The summed E-state index contributed by atoms with van der Waals surface area (Å²) in [5.74, 6) is 0. The van der Waals surface area contributed by atoms with Crippen LogP contribution in [0.1, 0.15) is 12.5 Å². The van der Waals surface area contributed by atoms with Crippen molar-refractivity contribution in [2.24, 2.45) is 10.2 Å². The molecule has 0 radical (unpaired) electrons. The normalized spacial score (nSPS) is 19.5. The summed E-state index contributed by atoms with van der Waals surface area (Å²) in [7, 11) is 0. The standard InChI is InChI=1S/C10H11N3S2/c1-2-7-5-3-4-6-8(7)11-9-12-13-10(14)15-9/h3-6,9,11H,2H2,1H3. The minimum atomic E-state index is -0.0646. The van der Waals surface area contributed by atoms with E-state index in [1.807, 2.05) is 12.1 Å². The second-order valence-corrected chi connectivity index (χ2v) is 4.82. The van der Waals surface area contributed by atoms with Crippen LogP contribution < -0.4 is 5.32 Å². The number of rotatable bonds is 3. The van der Waals surface area contributed by atoms with Crippen LogP contribution in [0.4, 0.5) is 5.69 Å². The molecule has 3 nitrogen and oxygen atoms in total. The van der Waals surface area contributed by atoms with Crippen molar-refractivity contribution >= 4 is 34.0 Å². The Balaban J connectivity index is 2.10. The highest BCUT2D eigenvalue weighted by Crippen LogP contribution is 2.26. The average molecular weight is 237 g/mol. The Morgan fingerprint density at radius 1 is 1.47 bits per heavy atom. The molecule has 5 heteroatoms. The zero-order valence-corrected chi connectivity index (χ0v) is 9.94. The molecule has 0 aromatic heterocycles. The van der Waals surface area contributed by atoms with Crippen LogP contribution in [-0.4, -0.2) is 9.82 Å². The number of hydrogen-bond donors (Lipinski definition) is 1. The zero-order chi connectivity index (χ0) is 10.7. The van der Waals surface area contributed by atoms with Gasteiger partial charge in [-0.25, -0.2) is 0 Å². The van der Waals surface area contributed by atoms with Crippen molar-refractivity contribution in [3.63, 3.8) is 0 Å². The van der Waals surface area contributed by atoms with Gasteiger partial charge in [0.1, 0.15) is 0 Å². The van der Waals surface area contributed by atoms with E-state index in [2.05, 4.69) is 34.6 Å². The molecule has 1 aliphatic heterocycles. The van der Waals surface area contributed by atoms with Crippen molar-refractivity contribution in [1.82, 2.24) is 0 Å². The van der Waals surface area contributed by atoms with Crippen molar-refractivity contribution in [1.29, 1.82) is 0 Å². The van der Waals surface area contributed by atoms with Gasteiger partial charge in [-0.2, -0.15) is 0 Å². The predicted octanol–water partition coefficient (Wildman–Crippen LogP) is 3.43. The first-order valence-corrected chi connectivity index (χ1v) is 6.04. The van der Waals surface area contributed by atoms with Crippen LogP contribution in [0.25, 0.3) is 0 Å². The third-order valence-corrected chi connectivity index (χ3v) is 3.22. The molecule has 0 bridgehead atoms. The van der Waals surface area contributed by atoms with Gasteiger partial charge in [0.25, 0.3) is 0 Å². The largest absolute Gasteiger partial charge is 0.353 e. The predicted molar refractivity (Wildman–Crippen MR) is 68.3 cm³/mol. The number of anilines is 1. The molecule has 1 N–H and O–H groups in total. The van der Waals surface area contributed by atoms with E-state index in [4.69, 9.17) is 12.2 Å². The molecule has 78 valence electrons. The summed E-state index contributed by atoms with van der Waals surface area (Å²) in [4.78, 5) is 0. The lowest BCUT2D eigenvalue weighted by molar-refractivity contribution is 0.986. The van der Waals surface area contributed by atoms with Gasteiger partial charge in [-0.05, 0) is 42.0 Å². The Kier molecular flexibility index (Phi) is 3.33. The number of azo groups is 1. The zero-order valence-electron chi connectivity index (χ0n) is 8.30. The SMILES string of the molecule is CCc1ccccc1NC1N=NC(=S)S1. The number of benzene rings is 1. The molecule has 2 rings (SSSR count). The Labute approximate surface area is 98.4 Å². The highest BCUT2D eigenvalue weighted by molar-refractivity contribution is 8.23. The van der Waals surface area contributed by atoms with E-state index >= 15 is 0 Å². The minimum Gasteiger partial charge on any atom is -0.353 e. The van der Waals surface area contributed by atoms with E-state index in [9.17, 15) is 0 Å². The quantitative estimate of drug-likeness (QED) is 0.818. The van der Waals surface area contributed by atoms with E-state index in [1.54, 1.807) is 0 Å². The molecule has 1 aromatic rings. The molecule has 1 aromatic carbocycles. The van der Waals surface area contributed by atoms with Crippen LogP contribution in [0.5, 0.6) is 0 Å². The number of nitrogens with one attached hydrogen (secondary N) is 1. The Morgan fingerprint density at radius 3 is 2.93 bits per heavy atom. The van der Waals surface area contributed by atoms with Gasteiger partial charge in [0, 0.05) is 5.69 Å². The minimum absolute atomic E-state index is 0.0646. The highest BCUT2D eigenvalue weighted by atomic mass is 32.2. The van der Waals surface area contributed by atoms with Crippen LogP contribution in [0.2, 0.25) is 0 Å². The molecule has 0 spiro atoms. The molecule has 1 atom stereocenters. The van der Waals surface area contributed by atoms with E-state index in [1.165, 1.54) is 17.3 Å². The van der Waals surface area contributed by atoms with Gasteiger partial charge in [0.2, 0.25) is 0 Å². The molecule has 15 heavy (non-hydrogen) atoms. The van der Waals surface area contributed by atoms with Gasteiger partial charge < -0.3 is 5.32 Å². The number of aryl methyl sites for hydroxylation is 1. The fourth-order valence-electron chi connectivity index (χ4n) is 1.40.